The number of ether oxygens (including phenoxy) is 5. The Hall–Kier alpha value is -4.02. The topological polar surface area (TPSA) is 95.6 Å². The summed E-state index contributed by atoms with van der Waals surface area (Å²) in [6.45, 7) is 9.65. The second-order valence-electron chi connectivity index (χ2n) is 12.6. The first-order valence-corrected chi connectivity index (χ1v) is 16.7. The third-order valence-electron chi connectivity index (χ3n) is 7.64. The van der Waals surface area contributed by atoms with Crippen LogP contribution in [0.25, 0.3) is 0 Å². The highest BCUT2D eigenvalue weighted by molar-refractivity contribution is 6.32. The molecule has 1 N–H and O–H groups in total. The van der Waals surface area contributed by atoms with Crippen molar-refractivity contribution >= 4 is 23.6 Å². The van der Waals surface area contributed by atoms with Crippen LogP contribution in [0.2, 0.25) is 5.02 Å². The average Bonchev–Trinajstić information content (AvgIpc) is 3.04. The van der Waals surface area contributed by atoms with Crippen molar-refractivity contribution in [3.8, 4) is 17.2 Å². The zero-order chi connectivity index (χ0) is 34.5. The largest absolute Gasteiger partial charge is 0.493 e. The Morgan fingerprint density at radius 3 is 2.40 bits per heavy atom. The first-order chi connectivity index (χ1) is 23.0. The number of para-hydroxylation sites is 1. The summed E-state index contributed by atoms with van der Waals surface area (Å²) in [7, 11) is 0. The highest BCUT2D eigenvalue weighted by atomic mass is 35.5. The monoisotopic (exact) mass is 684 g/mol. The molecule has 1 aliphatic heterocycles. The summed E-state index contributed by atoms with van der Waals surface area (Å²) in [5, 5.41) is 3.33. The third-order valence-corrected chi connectivity index (χ3v) is 7.95. The predicted molar refractivity (Wildman–Crippen MR) is 183 cm³/mol. The summed E-state index contributed by atoms with van der Waals surface area (Å²) >= 11 is 6.15. The van der Waals surface area contributed by atoms with Gasteiger partial charge in [-0.15, -0.1) is 0 Å². The van der Waals surface area contributed by atoms with E-state index in [2.05, 4.69) is 5.32 Å². The van der Waals surface area contributed by atoms with Gasteiger partial charge in [-0.2, -0.15) is 0 Å². The van der Waals surface area contributed by atoms with E-state index in [9.17, 15) is 14.0 Å². The van der Waals surface area contributed by atoms with Gasteiger partial charge in [-0.3, -0.25) is 4.79 Å². The SMILES string of the molecule is CC(=O)NCCc1ccc(F)cc1OCCOC1CN(C(=O)OC(C)(C)C)CCC1c1ccc(OCCCOc2ccccc2Cl)cc1. The molecule has 1 saturated heterocycles. The number of hydrogen-bond acceptors (Lipinski definition) is 7. The molecule has 2 unspecified atom stereocenters. The summed E-state index contributed by atoms with van der Waals surface area (Å²) in [6, 6.07) is 19.7. The van der Waals surface area contributed by atoms with Gasteiger partial charge >= 0.3 is 6.09 Å². The summed E-state index contributed by atoms with van der Waals surface area (Å²) in [6.07, 6.45) is 1.18. The molecule has 0 saturated carbocycles. The Morgan fingerprint density at radius 1 is 0.938 bits per heavy atom. The van der Waals surface area contributed by atoms with Crippen LogP contribution in [0.4, 0.5) is 9.18 Å². The van der Waals surface area contributed by atoms with E-state index < -0.39 is 11.4 Å². The number of nitrogens with zero attached hydrogens (tertiary/aromatic N) is 1. The standard InChI is InChI=1S/C37H46ClFN2O7/c1-26(42)40-18-16-28-10-13-29(39)24-34(28)46-22-23-47-35-25-41(36(43)48-37(2,3)4)19-17-31(35)27-11-14-30(15-12-27)44-20-7-21-45-33-9-6-5-8-32(33)38/h5-6,8-15,24,31,35H,7,16-23,25H2,1-4H3,(H,40,42). The Balaban J connectivity index is 1.34. The van der Waals surface area contributed by atoms with Crippen molar-refractivity contribution in [3.63, 3.8) is 0 Å². The number of nitrogens with one attached hydrogen (secondary N) is 1. The molecule has 2 atom stereocenters. The number of benzene rings is 3. The lowest BCUT2D eigenvalue weighted by atomic mass is 9.87. The second kappa shape index (κ2) is 17.9. The summed E-state index contributed by atoms with van der Waals surface area (Å²) < 4.78 is 43.6. The fraction of sp³-hybridized carbons (Fsp3) is 0.459. The third kappa shape index (κ3) is 11.9. The molecular weight excluding hydrogens is 639 g/mol. The van der Waals surface area contributed by atoms with Crippen molar-refractivity contribution in [2.24, 2.45) is 0 Å². The smallest absolute Gasteiger partial charge is 0.410 e. The Kier molecular flexibility index (Phi) is 13.8. The van der Waals surface area contributed by atoms with Crippen LogP contribution < -0.4 is 19.5 Å². The van der Waals surface area contributed by atoms with Gasteiger partial charge in [-0.1, -0.05) is 41.9 Å². The van der Waals surface area contributed by atoms with Crippen molar-refractivity contribution < 1.29 is 37.7 Å². The summed E-state index contributed by atoms with van der Waals surface area (Å²) in [4.78, 5) is 25.9. The predicted octanol–water partition coefficient (Wildman–Crippen LogP) is 7.19. The minimum atomic E-state index is -0.614. The van der Waals surface area contributed by atoms with Crippen molar-refractivity contribution in [3.05, 3.63) is 88.7 Å². The van der Waals surface area contributed by atoms with Gasteiger partial charge in [0.25, 0.3) is 0 Å². The number of hydrogen-bond donors (Lipinski definition) is 1. The molecule has 11 heteroatoms. The molecule has 3 aromatic carbocycles. The molecule has 4 rings (SSSR count). The summed E-state index contributed by atoms with van der Waals surface area (Å²) in [5.41, 5.74) is 1.24. The molecule has 0 bridgehead atoms. The van der Waals surface area contributed by atoms with Crippen molar-refractivity contribution in [1.82, 2.24) is 10.2 Å². The van der Waals surface area contributed by atoms with Gasteiger partial charge in [0, 0.05) is 38.4 Å². The fourth-order valence-electron chi connectivity index (χ4n) is 5.36. The molecule has 48 heavy (non-hydrogen) atoms. The van der Waals surface area contributed by atoms with Gasteiger partial charge in [0.2, 0.25) is 5.91 Å². The highest BCUT2D eigenvalue weighted by Gasteiger charge is 2.35. The number of rotatable bonds is 15. The maximum Gasteiger partial charge on any atom is 0.410 e. The molecule has 0 aliphatic carbocycles. The average molecular weight is 685 g/mol. The van der Waals surface area contributed by atoms with E-state index in [-0.39, 0.29) is 37.2 Å². The molecule has 0 spiro atoms. The molecule has 1 fully saturated rings. The first kappa shape index (κ1) is 36.8. The molecule has 0 aromatic heterocycles. The molecule has 9 nitrogen and oxygen atoms in total. The van der Waals surface area contributed by atoms with E-state index >= 15 is 0 Å². The van der Waals surface area contributed by atoms with E-state index in [0.29, 0.717) is 68.6 Å². The molecule has 2 amide bonds. The zero-order valence-electron chi connectivity index (χ0n) is 28.1. The number of likely N-dealkylation sites (tertiary alicyclic amines) is 1. The van der Waals surface area contributed by atoms with Crippen LogP contribution in [0.15, 0.2) is 66.7 Å². The lowest BCUT2D eigenvalue weighted by Crippen LogP contribution is -2.48. The van der Waals surface area contributed by atoms with Gasteiger partial charge in [-0.05, 0) is 75.1 Å². The Bertz CT molecular complexity index is 1480. The van der Waals surface area contributed by atoms with Gasteiger partial charge in [0.1, 0.15) is 35.3 Å². The molecular formula is C37H46ClFN2O7. The van der Waals surface area contributed by atoms with Crippen LogP contribution in [-0.2, 0) is 20.7 Å². The van der Waals surface area contributed by atoms with E-state index in [0.717, 1.165) is 16.9 Å². The highest BCUT2D eigenvalue weighted by Crippen LogP contribution is 2.32. The number of amides is 2. The maximum absolute atomic E-state index is 14.0. The molecule has 1 heterocycles. The maximum atomic E-state index is 14.0. The number of halogens is 2. The van der Waals surface area contributed by atoms with Crippen LogP contribution in [0.1, 0.15) is 57.6 Å². The van der Waals surface area contributed by atoms with E-state index in [1.165, 1.54) is 19.1 Å². The van der Waals surface area contributed by atoms with Gasteiger partial charge in [-0.25, -0.2) is 9.18 Å². The second-order valence-corrected chi connectivity index (χ2v) is 13.0. The van der Waals surface area contributed by atoms with Crippen LogP contribution in [0.5, 0.6) is 17.2 Å². The van der Waals surface area contributed by atoms with Crippen molar-refractivity contribution in [1.29, 1.82) is 0 Å². The summed E-state index contributed by atoms with van der Waals surface area (Å²) in [5.74, 6) is 1.29. The van der Waals surface area contributed by atoms with E-state index in [1.807, 2.05) is 63.2 Å². The minimum Gasteiger partial charge on any atom is -0.493 e. The fourth-order valence-corrected chi connectivity index (χ4v) is 5.55. The van der Waals surface area contributed by atoms with Gasteiger partial charge < -0.3 is 33.9 Å². The van der Waals surface area contributed by atoms with Crippen LogP contribution >= 0.6 is 11.6 Å². The van der Waals surface area contributed by atoms with Crippen LogP contribution in [0.3, 0.4) is 0 Å². The zero-order valence-corrected chi connectivity index (χ0v) is 28.9. The molecule has 0 radical (unpaired) electrons. The molecule has 260 valence electrons. The lowest BCUT2D eigenvalue weighted by Gasteiger charge is -2.39. The normalized spacial score (nSPS) is 16.2. The van der Waals surface area contributed by atoms with Gasteiger partial charge in [0.05, 0.1) is 37.5 Å². The molecule has 3 aromatic rings. The minimum absolute atomic E-state index is 0.0177. The number of carbonyl (C=O) groups is 2. The first-order valence-electron chi connectivity index (χ1n) is 16.3. The Morgan fingerprint density at radius 2 is 1.67 bits per heavy atom. The van der Waals surface area contributed by atoms with Gasteiger partial charge in [0.15, 0.2) is 0 Å². The number of piperidine rings is 1. The number of carbonyl (C=O) groups excluding carboxylic acids is 2. The van der Waals surface area contributed by atoms with E-state index in [1.54, 1.807) is 17.0 Å². The van der Waals surface area contributed by atoms with E-state index in [4.69, 9.17) is 35.3 Å². The van der Waals surface area contributed by atoms with Crippen molar-refractivity contribution in [2.75, 3.05) is 46.1 Å². The quantitative estimate of drug-likeness (QED) is 0.169. The molecule has 1 aliphatic rings. The lowest BCUT2D eigenvalue weighted by molar-refractivity contribution is -0.118. The van der Waals surface area contributed by atoms with Crippen LogP contribution in [0, 0.1) is 5.82 Å². The van der Waals surface area contributed by atoms with Crippen molar-refractivity contribution in [2.45, 2.75) is 64.6 Å². The Labute approximate surface area is 287 Å². The van der Waals surface area contributed by atoms with Crippen LogP contribution in [-0.4, -0.2) is 74.7 Å².